The molecule has 2 heterocycles. The van der Waals surface area contributed by atoms with Crippen LogP contribution in [0, 0.1) is 6.92 Å². The number of fused-ring (bicyclic) bond motifs is 1. The molecular formula is C26H21BrN2O4. The summed E-state index contributed by atoms with van der Waals surface area (Å²) in [6.45, 7) is 4.41. The van der Waals surface area contributed by atoms with Gasteiger partial charge in [-0.3, -0.25) is 19.3 Å². The van der Waals surface area contributed by atoms with Crippen molar-refractivity contribution in [1.82, 2.24) is 4.90 Å². The molecule has 0 bridgehead atoms. The molecule has 6 nitrogen and oxygen atoms in total. The standard InChI is InChI=1S/C26H21BrN2O4/c1-3-33-18-11-8-16(9-12-18)22-23(26(32)28(22)17-10-13-21(27)15(2)14-17)29-24(30)19-6-4-5-7-20(19)25(29)31/h4-14,22-23H,3H2,1-2H3/t22-,23-/m0/s1. The van der Waals surface area contributed by atoms with Gasteiger partial charge in [0.2, 0.25) is 0 Å². The van der Waals surface area contributed by atoms with Crippen LogP contribution in [0.2, 0.25) is 0 Å². The minimum Gasteiger partial charge on any atom is -0.494 e. The second-order valence-electron chi connectivity index (χ2n) is 8.06. The van der Waals surface area contributed by atoms with Crippen LogP contribution < -0.4 is 9.64 Å². The molecule has 0 radical (unpaired) electrons. The predicted octanol–water partition coefficient (Wildman–Crippen LogP) is 4.91. The largest absolute Gasteiger partial charge is 0.494 e. The molecule has 3 amide bonds. The van der Waals surface area contributed by atoms with Crippen LogP contribution in [-0.2, 0) is 4.79 Å². The van der Waals surface area contributed by atoms with Gasteiger partial charge in [-0.2, -0.15) is 0 Å². The van der Waals surface area contributed by atoms with Crippen LogP contribution in [-0.4, -0.2) is 35.3 Å². The minimum absolute atomic E-state index is 0.287. The zero-order chi connectivity index (χ0) is 23.3. The smallest absolute Gasteiger partial charge is 0.262 e. The number of anilines is 1. The zero-order valence-corrected chi connectivity index (χ0v) is 19.7. The number of hydrogen-bond acceptors (Lipinski definition) is 4. The van der Waals surface area contributed by atoms with Gasteiger partial charge in [-0.25, -0.2) is 0 Å². The molecule has 0 aromatic heterocycles. The Hall–Kier alpha value is -3.45. The Kier molecular flexibility index (Phi) is 5.29. The molecule has 0 spiro atoms. The average Bonchev–Trinajstić information content (AvgIpc) is 3.06. The van der Waals surface area contributed by atoms with E-state index in [4.69, 9.17) is 4.74 Å². The first-order chi connectivity index (χ1) is 15.9. The maximum absolute atomic E-state index is 13.5. The highest BCUT2D eigenvalue weighted by Crippen LogP contribution is 2.45. The molecule has 3 aromatic rings. The number of imide groups is 1. The molecule has 0 unspecified atom stereocenters. The predicted molar refractivity (Wildman–Crippen MR) is 127 cm³/mol. The lowest BCUT2D eigenvalue weighted by Gasteiger charge is -2.50. The van der Waals surface area contributed by atoms with Crippen LogP contribution >= 0.6 is 15.9 Å². The Bertz CT molecular complexity index is 1250. The third kappa shape index (κ3) is 3.35. The highest BCUT2D eigenvalue weighted by Gasteiger charge is 2.57. The molecule has 2 atom stereocenters. The molecular weight excluding hydrogens is 484 g/mol. The SMILES string of the molecule is CCOc1ccc([C@H]2[C@H](N3C(=O)c4ccccc4C3=O)C(=O)N2c2ccc(Br)c(C)c2)cc1. The van der Waals surface area contributed by atoms with Gasteiger partial charge in [-0.05, 0) is 67.4 Å². The van der Waals surface area contributed by atoms with Gasteiger partial charge in [0, 0.05) is 10.2 Å². The fourth-order valence-electron chi connectivity index (χ4n) is 4.51. The van der Waals surface area contributed by atoms with Crippen LogP contribution in [0.3, 0.4) is 0 Å². The summed E-state index contributed by atoms with van der Waals surface area (Å²) in [5.74, 6) is -0.437. The van der Waals surface area contributed by atoms with E-state index in [0.29, 0.717) is 23.4 Å². The highest BCUT2D eigenvalue weighted by atomic mass is 79.9. The second-order valence-corrected chi connectivity index (χ2v) is 8.91. The van der Waals surface area contributed by atoms with Crippen molar-refractivity contribution in [2.24, 2.45) is 0 Å². The highest BCUT2D eigenvalue weighted by molar-refractivity contribution is 9.10. The van der Waals surface area contributed by atoms with Gasteiger partial charge in [0.25, 0.3) is 17.7 Å². The lowest BCUT2D eigenvalue weighted by Crippen LogP contribution is -2.67. The van der Waals surface area contributed by atoms with Gasteiger partial charge in [0.05, 0.1) is 23.8 Å². The molecule has 2 aliphatic rings. The molecule has 0 N–H and O–H groups in total. The first-order valence-electron chi connectivity index (χ1n) is 10.7. The molecule has 166 valence electrons. The lowest BCUT2D eigenvalue weighted by atomic mass is 9.86. The number of hydrogen-bond donors (Lipinski definition) is 0. The van der Waals surface area contributed by atoms with Gasteiger partial charge in [-0.1, -0.05) is 40.2 Å². The van der Waals surface area contributed by atoms with Crippen molar-refractivity contribution >= 4 is 39.3 Å². The van der Waals surface area contributed by atoms with Crippen LogP contribution in [0.1, 0.15) is 44.8 Å². The third-order valence-corrected chi connectivity index (χ3v) is 7.01. The number of benzene rings is 3. The van der Waals surface area contributed by atoms with Gasteiger partial charge in [-0.15, -0.1) is 0 Å². The molecule has 3 aromatic carbocycles. The van der Waals surface area contributed by atoms with Gasteiger partial charge >= 0.3 is 0 Å². The fourth-order valence-corrected chi connectivity index (χ4v) is 4.76. The topological polar surface area (TPSA) is 66.9 Å². The average molecular weight is 505 g/mol. The van der Waals surface area contributed by atoms with E-state index < -0.39 is 23.9 Å². The number of ether oxygens (including phenoxy) is 1. The molecule has 0 aliphatic carbocycles. The fraction of sp³-hybridized carbons (Fsp3) is 0.192. The van der Waals surface area contributed by atoms with Crippen molar-refractivity contribution in [3.8, 4) is 5.75 Å². The molecule has 5 rings (SSSR count). The van der Waals surface area contributed by atoms with Crippen LogP contribution in [0.15, 0.2) is 71.2 Å². The molecule has 7 heteroatoms. The first kappa shape index (κ1) is 21.4. The van der Waals surface area contributed by atoms with Crippen molar-refractivity contribution in [1.29, 1.82) is 0 Å². The summed E-state index contributed by atoms with van der Waals surface area (Å²) in [4.78, 5) is 42.6. The Labute approximate surface area is 199 Å². The summed E-state index contributed by atoms with van der Waals surface area (Å²) in [6, 6.07) is 18.4. The number of aryl methyl sites for hydroxylation is 1. The van der Waals surface area contributed by atoms with Gasteiger partial charge < -0.3 is 9.64 Å². The minimum atomic E-state index is -0.917. The van der Waals surface area contributed by atoms with Crippen LogP contribution in [0.5, 0.6) is 5.75 Å². The van der Waals surface area contributed by atoms with Gasteiger partial charge in [0.1, 0.15) is 11.8 Å². The van der Waals surface area contributed by atoms with Crippen molar-refractivity contribution < 1.29 is 19.1 Å². The van der Waals surface area contributed by atoms with E-state index in [9.17, 15) is 14.4 Å². The quantitative estimate of drug-likeness (QED) is 0.365. The Morgan fingerprint density at radius 3 is 2.06 bits per heavy atom. The van der Waals surface area contributed by atoms with Gasteiger partial charge in [0.15, 0.2) is 0 Å². The van der Waals surface area contributed by atoms with Crippen molar-refractivity contribution in [3.05, 3.63) is 93.5 Å². The lowest BCUT2D eigenvalue weighted by molar-refractivity contribution is -0.130. The van der Waals surface area contributed by atoms with E-state index in [1.54, 1.807) is 29.2 Å². The normalized spacial score (nSPS) is 19.5. The number of amides is 3. The van der Waals surface area contributed by atoms with E-state index in [-0.39, 0.29) is 5.91 Å². The van der Waals surface area contributed by atoms with E-state index in [1.807, 2.05) is 56.3 Å². The first-order valence-corrected chi connectivity index (χ1v) is 11.5. The Morgan fingerprint density at radius 2 is 1.48 bits per heavy atom. The summed E-state index contributed by atoms with van der Waals surface area (Å²) in [5, 5.41) is 0. The van der Waals surface area contributed by atoms with Crippen molar-refractivity contribution in [2.75, 3.05) is 11.5 Å². The summed E-state index contributed by atoms with van der Waals surface area (Å²) in [5.41, 5.74) is 3.18. The summed E-state index contributed by atoms with van der Waals surface area (Å²) in [7, 11) is 0. The maximum atomic E-state index is 13.5. The number of carbonyl (C=O) groups excluding carboxylic acids is 3. The van der Waals surface area contributed by atoms with E-state index in [1.165, 1.54) is 0 Å². The van der Waals surface area contributed by atoms with Crippen molar-refractivity contribution in [2.45, 2.75) is 25.9 Å². The monoisotopic (exact) mass is 504 g/mol. The molecule has 0 saturated carbocycles. The molecule has 2 aliphatic heterocycles. The number of rotatable bonds is 5. The summed E-state index contributed by atoms with van der Waals surface area (Å²) < 4.78 is 6.49. The second kappa shape index (κ2) is 8.15. The van der Waals surface area contributed by atoms with E-state index >= 15 is 0 Å². The Balaban J connectivity index is 1.57. The number of β-lactam (4-membered cyclic amide) rings is 1. The van der Waals surface area contributed by atoms with E-state index in [0.717, 1.165) is 26.2 Å². The van der Waals surface area contributed by atoms with E-state index in [2.05, 4.69) is 15.9 Å². The van der Waals surface area contributed by atoms with Crippen LogP contribution in [0.25, 0.3) is 0 Å². The summed E-state index contributed by atoms with van der Waals surface area (Å²) >= 11 is 3.50. The number of carbonyl (C=O) groups is 3. The number of nitrogens with zero attached hydrogens (tertiary/aromatic N) is 2. The third-order valence-electron chi connectivity index (χ3n) is 6.12. The Morgan fingerprint density at radius 1 is 0.848 bits per heavy atom. The maximum Gasteiger partial charge on any atom is 0.262 e. The zero-order valence-electron chi connectivity index (χ0n) is 18.1. The molecule has 1 saturated heterocycles. The molecule has 33 heavy (non-hydrogen) atoms. The summed E-state index contributed by atoms with van der Waals surface area (Å²) in [6.07, 6.45) is 0. The number of halogens is 1. The van der Waals surface area contributed by atoms with Crippen LogP contribution in [0.4, 0.5) is 5.69 Å². The molecule has 1 fully saturated rings. The van der Waals surface area contributed by atoms with Crippen molar-refractivity contribution in [3.63, 3.8) is 0 Å².